The van der Waals surface area contributed by atoms with Crippen LogP contribution in [0.5, 0.6) is 5.75 Å². The molecule has 2 atom stereocenters. The van der Waals surface area contributed by atoms with Crippen molar-refractivity contribution in [3.8, 4) is 5.75 Å². The number of rotatable bonds is 11. The topological polar surface area (TPSA) is 21.7 Å². The van der Waals surface area contributed by atoms with Crippen LogP contribution in [0.3, 0.4) is 0 Å². The van der Waals surface area contributed by atoms with Crippen LogP contribution in [0.4, 0.5) is 0 Å². The number of hydrogen-bond acceptors (Lipinski definition) is 3. The predicted molar refractivity (Wildman–Crippen MR) is 141 cm³/mol. The van der Waals surface area contributed by atoms with E-state index in [1.54, 1.807) is 7.11 Å². The first-order valence-electron chi connectivity index (χ1n) is 11.9. The van der Waals surface area contributed by atoms with Crippen molar-refractivity contribution in [1.82, 2.24) is 4.90 Å². The van der Waals surface area contributed by atoms with Crippen molar-refractivity contribution in [1.29, 1.82) is 0 Å². The minimum absolute atomic E-state index is 0.0127. The molecule has 0 N–H and O–H groups in total. The normalized spacial score (nSPS) is 14.2. The molecule has 2 rings (SSSR count). The number of hydrogen-bond donors (Lipinski definition) is 0. The van der Waals surface area contributed by atoms with Crippen LogP contribution < -0.4 is 10.0 Å². The Morgan fingerprint density at radius 3 is 2.22 bits per heavy atom. The van der Waals surface area contributed by atoms with Crippen molar-refractivity contribution < 1.29 is 9.47 Å². The van der Waals surface area contributed by atoms with E-state index in [-0.39, 0.29) is 11.9 Å². The fraction of sp³-hybridized carbons (Fsp3) is 0.571. The van der Waals surface area contributed by atoms with Crippen molar-refractivity contribution in [2.24, 2.45) is 0 Å². The lowest BCUT2D eigenvalue weighted by atomic mass is 9.92. The minimum Gasteiger partial charge on any atom is -0.467 e. The molecule has 0 saturated heterocycles. The molecule has 32 heavy (non-hydrogen) atoms. The van der Waals surface area contributed by atoms with Gasteiger partial charge in [0.1, 0.15) is 5.75 Å². The van der Waals surface area contributed by atoms with Crippen LogP contribution in [-0.2, 0) is 16.4 Å². The Morgan fingerprint density at radius 1 is 1.00 bits per heavy atom. The number of benzene rings is 2. The zero-order chi connectivity index (χ0) is 24.1. The van der Waals surface area contributed by atoms with Gasteiger partial charge in [-0.2, -0.15) is 0 Å². The van der Waals surface area contributed by atoms with E-state index >= 15 is 0 Å². The van der Waals surface area contributed by atoms with Gasteiger partial charge in [0.2, 0.25) is 0 Å². The number of ether oxygens (including phenoxy) is 2. The summed E-state index contributed by atoms with van der Waals surface area (Å²) in [7, 11) is 2.34. The Balaban J connectivity index is 2.55. The highest BCUT2D eigenvalue weighted by Gasteiger charge is 2.31. The van der Waals surface area contributed by atoms with Crippen molar-refractivity contribution in [3.05, 3.63) is 58.1 Å². The second-order valence-electron chi connectivity index (χ2n) is 9.79. The molecule has 0 radical (unpaired) electrons. The monoisotopic (exact) mass is 457 g/mol. The van der Waals surface area contributed by atoms with Crippen molar-refractivity contribution in [3.63, 3.8) is 0 Å². The Bertz CT molecular complexity index is 885. The number of nitrogens with zero attached hydrogens (tertiary/aromatic N) is 1. The van der Waals surface area contributed by atoms with Gasteiger partial charge in [-0.05, 0) is 76.9 Å². The van der Waals surface area contributed by atoms with E-state index in [4.69, 9.17) is 9.47 Å². The zero-order valence-corrected chi connectivity index (χ0v) is 22.9. The van der Waals surface area contributed by atoms with E-state index in [2.05, 4.69) is 97.5 Å². The molecule has 3 nitrogen and oxygen atoms in total. The SMILES string of the molecule is CCC(C)(Pc1c(C)cccc1CN(C(C)C)C(C)C)c1cc(C)cc(C)c1OCOC. The smallest absolute Gasteiger partial charge is 0.188 e. The van der Waals surface area contributed by atoms with Crippen LogP contribution in [0.15, 0.2) is 30.3 Å². The predicted octanol–water partition coefficient (Wildman–Crippen LogP) is 6.84. The Kier molecular flexibility index (Phi) is 9.76. The standard InChI is InChI=1S/C28H44NO2P/c1-11-28(9,25-16-21(6)15-23(8)26(25)31-18-30-10)32-27-22(7)13-12-14-24(27)17-29(19(2)3)20(4)5/h12-16,19-20,32H,11,17-18H2,1-10H3. The third-order valence-electron chi connectivity index (χ3n) is 6.48. The molecule has 0 saturated carbocycles. The lowest BCUT2D eigenvalue weighted by Gasteiger charge is -2.35. The van der Waals surface area contributed by atoms with E-state index in [0.29, 0.717) is 20.7 Å². The largest absolute Gasteiger partial charge is 0.467 e. The maximum atomic E-state index is 6.12. The van der Waals surface area contributed by atoms with Crippen molar-refractivity contribution in [2.45, 2.75) is 92.5 Å². The Labute approximate surface area is 198 Å². The van der Waals surface area contributed by atoms with E-state index < -0.39 is 0 Å². The fourth-order valence-electron chi connectivity index (χ4n) is 4.49. The second-order valence-corrected chi connectivity index (χ2v) is 11.6. The molecule has 0 aliphatic heterocycles. The van der Waals surface area contributed by atoms with Crippen LogP contribution in [0.1, 0.15) is 75.8 Å². The quantitative estimate of drug-likeness (QED) is 0.272. The van der Waals surface area contributed by atoms with Gasteiger partial charge in [-0.1, -0.05) is 58.3 Å². The van der Waals surface area contributed by atoms with Gasteiger partial charge < -0.3 is 9.47 Å². The maximum absolute atomic E-state index is 6.12. The Morgan fingerprint density at radius 2 is 1.66 bits per heavy atom. The van der Waals surface area contributed by atoms with Gasteiger partial charge in [0.05, 0.1) is 0 Å². The molecule has 0 fully saturated rings. The molecule has 0 heterocycles. The molecular formula is C28H44NO2P. The minimum atomic E-state index is -0.0127. The molecule has 178 valence electrons. The molecule has 4 heteroatoms. The van der Waals surface area contributed by atoms with E-state index in [0.717, 1.165) is 18.7 Å². The summed E-state index contributed by atoms with van der Waals surface area (Å²) < 4.78 is 11.4. The van der Waals surface area contributed by atoms with Crippen LogP contribution in [0.2, 0.25) is 0 Å². The van der Waals surface area contributed by atoms with Crippen LogP contribution in [0, 0.1) is 20.8 Å². The third-order valence-corrected chi connectivity index (χ3v) is 8.62. The molecule has 2 aromatic carbocycles. The van der Waals surface area contributed by atoms with Gasteiger partial charge >= 0.3 is 0 Å². The molecule has 2 aromatic rings. The number of methoxy groups -OCH3 is 1. The zero-order valence-electron chi connectivity index (χ0n) is 21.9. The molecule has 0 bridgehead atoms. The fourth-order valence-corrected chi connectivity index (χ4v) is 6.15. The molecular weight excluding hydrogens is 413 g/mol. The van der Waals surface area contributed by atoms with Crippen molar-refractivity contribution in [2.75, 3.05) is 13.9 Å². The Hall–Kier alpha value is -1.41. The number of aryl methyl sites for hydroxylation is 3. The summed E-state index contributed by atoms with van der Waals surface area (Å²) in [6.45, 7) is 21.7. The van der Waals surface area contributed by atoms with E-state index in [1.165, 1.54) is 33.1 Å². The first-order chi connectivity index (χ1) is 15.0. The molecule has 0 spiro atoms. The van der Waals surface area contributed by atoms with Crippen LogP contribution in [0.25, 0.3) is 0 Å². The molecule has 2 unspecified atom stereocenters. The summed E-state index contributed by atoms with van der Waals surface area (Å²) in [6.07, 6.45) is 1.05. The third kappa shape index (κ3) is 6.34. The summed E-state index contributed by atoms with van der Waals surface area (Å²) in [5.74, 6) is 0.982. The highest BCUT2D eigenvalue weighted by molar-refractivity contribution is 7.48. The molecule has 0 aliphatic carbocycles. The molecule has 0 aliphatic rings. The first-order valence-corrected chi connectivity index (χ1v) is 12.9. The summed E-state index contributed by atoms with van der Waals surface area (Å²) in [4.78, 5) is 2.58. The second kappa shape index (κ2) is 11.6. The van der Waals surface area contributed by atoms with Crippen LogP contribution in [-0.4, -0.2) is 30.9 Å². The summed E-state index contributed by atoms with van der Waals surface area (Å²) >= 11 is 0. The lowest BCUT2D eigenvalue weighted by Crippen LogP contribution is -2.37. The average Bonchev–Trinajstić information content (AvgIpc) is 2.72. The average molecular weight is 458 g/mol. The van der Waals surface area contributed by atoms with Gasteiger partial charge in [-0.3, -0.25) is 4.90 Å². The van der Waals surface area contributed by atoms with Crippen molar-refractivity contribution >= 4 is 13.9 Å². The van der Waals surface area contributed by atoms with Gasteiger partial charge in [0.25, 0.3) is 0 Å². The summed E-state index contributed by atoms with van der Waals surface area (Å²) in [6, 6.07) is 12.4. The van der Waals surface area contributed by atoms with Crippen LogP contribution >= 0.6 is 8.58 Å². The van der Waals surface area contributed by atoms with Gasteiger partial charge in [0, 0.05) is 36.5 Å². The summed E-state index contributed by atoms with van der Waals surface area (Å²) in [5.41, 5.74) is 6.59. The van der Waals surface area contributed by atoms with E-state index in [9.17, 15) is 0 Å². The highest BCUT2D eigenvalue weighted by atomic mass is 31.1. The van der Waals surface area contributed by atoms with Gasteiger partial charge in [-0.15, -0.1) is 0 Å². The molecule has 0 amide bonds. The molecule has 0 aromatic heterocycles. The van der Waals surface area contributed by atoms with E-state index in [1.807, 2.05) is 0 Å². The summed E-state index contributed by atoms with van der Waals surface area (Å²) in [5, 5.41) is 1.49. The maximum Gasteiger partial charge on any atom is 0.188 e. The highest BCUT2D eigenvalue weighted by Crippen LogP contribution is 2.49. The first kappa shape index (κ1) is 26.8. The lowest BCUT2D eigenvalue weighted by molar-refractivity contribution is 0.0495. The van der Waals surface area contributed by atoms with Gasteiger partial charge in [-0.25, -0.2) is 0 Å². The van der Waals surface area contributed by atoms with Gasteiger partial charge in [0.15, 0.2) is 6.79 Å².